The van der Waals surface area contributed by atoms with Crippen LogP contribution in [0.2, 0.25) is 5.02 Å². The van der Waals surface area contributed by atoms with Crippen LogP contribution in [0.25, 0.3) is 0 Å². The lowest BCUT2D eigenvalue weighted by atomic mass is 10.2. The molecule has 0 saturated carbocycles. The van der Waals surface area contributed by atoms with Crippen LogP contribution >= 0.6 is 27.5 Å². The molecule has 2 aromatic rings. The summed E-state index contributed by atoms with van der Waals surface area (Å²) in [5.41, 5.74) is 1.86. The Morgan fingerprint density at radius 2 is 2.00 bits per heavy atom. The van der Waals surface area contributed by atoms with Gasteiger partial charge in [0.2, 0.25) is 0 Å². The molecule has 0 fully saturated rings. The Morgan fingerprint density at radius 1 is 1.19 bits per heavy atom. The molecule has 1 aromatic carbocycles. The summed E-state index contributed by atoms with van der Waals surface area (Å²) in [6, 6.07) is 11.7. The van der Waals surface area contributed by atoms with E-state index in [2.05, 4.69) is 33.2 Å². The topological polar surface area (TPSA) is 34.1 Å². The second-order valence-corrected chi connectivity index (χ2v) is 5.90. The highest BCUT2D eigenvalue weighted by atomic mass is 79.9. The number of pyridine rings is 1. The Balaban J connectivity index is 1.94. The molecule has 3 nitrogen and oxygen atoms in total. The van der Waals surface area contributed by atoms with Gasteiger partial charge in [0.25, 0.3) is 0 Å². The Kier molecular flexibility index (Phi) is 6.49. The van der Waals surface area contributed by atoms with E-state index in [0.717, 1.165) is 34.5 Å². The SMILES string of the molecule is CCCNc1ccc(Cl)c(COCc2ccccc2Br)n1. The average molecular weight is 370 g/mol. The van der Waals surface area contributed by atoms with E-state index < -0.39 is 0 Å². The fraction of sp³-hybridized carbons (Fsp3) is 0.312. The fourth-order valence-electron chi connectivity index (χ4n) is 1.81. The summed E-state index contributed by atoms with van der Waals surface area (Å²) in [7, 11) is 0. The van der Waals surface area contributed by atoms with Gasteiger partial charge in [-0.1, -0.05) is 52.7 Å². The maximum absolute atomic E-state index is 6.16. The van der Waals surface area contributed by atoms with Crippen molar-refractivity contribution in [2.75, 3.05) is 11.9 Å². The maximum Gasteiger partial charge on any atom is 0.126 e. The van der Waals surface area contributed by atoms with Crippen LogP contribution in [0, 0.1) is 0 Å². The molecule has 1 heterocycles. The summed E-state index contributed by atoms with van der Waals surface area (Å²) < 4.78 is 6.77. The summed E-state index contributed by atoms with van der Waals surface area (Å²) in [4.78, 5) is 4.48. The van der Waals surface area contributed by atoms with Gasteiger partial charge in [0.1, 0.15) is 5.82 Å². The minimum atomic E-state index is 0.391. The molecule has 0 amide bonds. The van der Waals surface area contributed by atoms with Crippen LogP contribution in [0.15, 0.2) is 40.9 Å². The third-order valence-electron chi connectivity index (χ3n) is 2.93. The summed E-state index contributed by atoms with van der Waals surface area (Å²) in [6.45, 7) is 3.92. The fourth-order valence-corrected chi connectivity index (χ4v) is 2.37. The summed E-state index contributed by atoms with van der Waals surface area (Å²) in [5.74, 6) is 0.834. The zero-order chi connectivity index (χ0) is 15.1. The number of rotatable bonds is 7. The molecule has 0 saturated heterocycles. The standard InChI is InChI=1S/C16H18BrClN2O/c1-2-9-19-16-8-7-14(18)15(20-16)11-21-10-12-5-3-4-6-13(12)17/h3-8H,2,9-11H2,1H3,(H,19,20). The smallest absolute Gasteiger partial charge is 0.126 e. The summed E-state index contributed by atoms with van der Waals surface area (Å²) >= 11 is 9.67. The number of nitrogens with zero attached hydrogens (tertiary/aromatic N) is 1. The van der Waals surface area contributed by atoms with Gasteiger partial charge >= 0.3 is 0 Å². The molecule has 0 aliphatic rings. The first kappa shape index (κ1) is 16.3. The number of benzene rings is 1. The van der Waals surface area contributed by atoms with E-state index in [1.165, 1.54) is 0 Å². The highest BCUT2D eigenvalue weighted by Crippen LogP contribution is 2.20. The van der Waals surface area contributed by atoms with E-state index in [4.69, 9.17) is 16.3 Å². The Morgan fingerprint density at radius 3 is 2.76 bits per heavy atom. The van der Waals surface area contributed by atoms with Crippen molar-refractivity contribution in [3.63, 3.8) is 0 Å². The lowest BCUT2D eigenvalue weighted by Crippen LogP contribution is -2.05. The molecule has 112 valence electrons. The zero-order valence-corrected chi connectivity index (χ0v) is 14.2. The number of nitrogens with one attached hydrogen (secondary N) is 1. The van der Waals surface area contributed by atoms with Gasteiger partial charge in [-0.25, -0.2) is 4.98 Å². The van der Waals surface area contributed by atoms with E-state index >= 15 is 0 Å². The zero-order valence-electron chi connectivity index (χ0n) is 11.9. The molecule has 5 heteroatoms. The number of hydrogen-bond donors (Lipinski definition) is 1. The van der Waals surface area contributed by atoms with Crippen LogP contribution in [0.4, 0.5) is 5.82 Å². The minimum Gasteiger partial charge on any atom is -0.370 e. The van der Waals surface area contributed by atoms with Crippen LogP contribution in [-0.4, -0.2) is 11.5 Å². The summed E-state index contributed by atoms with van der Waals surface area (Å²) in [5, 5.41) is 3.88. The second kappa shape index (κ2) is 8.37. The van der Waals surface area contributed by atoms with Gasteiger partial charge in [-0.05, 0) is 30.2 Å². The van der Waals surface area contributed by atoms with Gasteiger partial charge in [0.15, 0.2) is 0 Å². The van der Waals surface area contributed by atoms with E-state index in [1.54, 1.807) is 0 Å². The lowest BCUT2D eigenvalue weighted by molar-refractivity contribution is 0.104. The molecule has 0 aliphatic carbocycles. The molecule has 1 N–H and O–H groups in total. The van der Waals surface area contributed by atoms with Crippen molar-refractivity contribution in [1.29, 1.82) is 0 Å². The third kappa shape index (κ3) is 4.99. The van der Waals surface area contributed by atoms with Crippen LogP contribution in [0.3, 0.4) is 0 Å². The first-order valence-corrected chi connectivity index (χ1v) is 8.08. The van der Waals surface area contributed by atoms with Gasteiger partial charge in [0, 0.05) is 11.0 Å². The normalized spacial score (nSPS) is 10.6. The molecule has 0 unspecified atom stereocenters. The van der Waals surface area contributed by atoms with Crippen LogP contribution in [0.1, 0.15) is 24.6 Å². The third-order valence-corrected chi connectivity index (χ3v) is 4.05. The van der Waals surface area contributed by atoms with Gasteiger partial charge in [-0.2, -0.15) is 0 Å². The first-order chi connectivity index (χ1) is 10.2. The number of aromatic nitrogens is 1. The largest absolute Gasteiger partial charge is 0.370 e. The quantitative estimate of drug-likeness (QED) is 0.742. The van der Waals surface area contributed by atoms with Gasteiger partial charge in [-0.3, -0.25) is 0 Å². The predicted octanol–water partition coefficient (Wildman–Crippen LogP) is 5.04. The van der Waals surface area contributed by atoms with Crippen LogP contribution < -0.4 is 5.32 Å². The number of ether oxygens (including phenoxy) is 1. The first-order valence-electron chi connectivity index (χ1n) is 6.91. The molecule has 1 aromatic heterocycles. The van der Waals surface area contributed by atoms with Crippen molar-refractivity contribution in [2.24, 2.45) is 0 Å². The molecule has 0 radical (unpaired) electrons. The molecular formula is C16H18BrClN2O. The Hall–Kier alpha value is -1.10. The Labute approximate surface area is 138 Å². The monoisotopic (exact) mass is 368 g/mol. The molecule has 21 heavy (non-hydrogen) atoms. The molecule has 0 atom stereocenters. The van der Waals surface area contributed by atoms with Crippen molar-refractivity contribution < 1.29 is 4.74 Å². The maximum atomic E-state index is 6.16. The van der Waals surface area contributed by atoms with Crippen molar-refractivity contribution in [1.82, 2.24) is 4.98 Å². The van der Waals surface area contributed by atoms with Crippen molar-refractivity contribution >= 4 is 33.3 Å². The number of halogens is 2. The van der Waals surface area contributed by atoms with Crippen molar-refractivity contribution in [3.8, 4) is 0 Å². The molecule has 0 bridgehead atoms. The second-order valence-electron chi connectivity index (χ2n) is 4.64. The van der Waals surface area contributed by atoms with Crippen LogP contribution in [-0.2, 0) is 18.0 Å². The molecule has 0 aliphatic heterocycles. The van der Waals surface area contributed by atoms with E-state index in [9.17, 15) is 0 Å². The number of anilines is 1. The highest BCUT2D eigenvalue weighted by molar-refractivity contribution is 9.10. The van der Waals surface area contributed by atoms with Gasteiger partial charge in [-0.15, -0.1) is 0 Å². The average Bonchev–Trinajstić information content (AvgIpc) is 2.49. The highest BCUT2D eigenvalue weighted by Gasteiger charge is 2.05. The van der Waals surface area contributed by atoms with Gasteiger partial charge < -0.3 is 10.1 Å². The van der Waals surface area contributed by atoms with E-state index in [0.29, 0.717) is 18.2 Å². The predicted molar refractivity (Wildman–Crippen MR) is 90.7 cm³/mol. The molecule has 0 spiro atoms. The summed E-state index contributed by atoms with van der Waals surface area (Å²) in [6.07, 6.45) is 1.05. The van der Waals surface area contributed by atoms with E-state index in [-0.39, 0.29) is 0 Å². The van der Waals surface area contributed by atoms with Crippen molar-refractivity contribution in [2.45, 2.75) is 26.6 Å². The molecular weight excluding hydrogens is 352 g/mol. The lowest BCUT2D eigenvalue weighted by Gasteiger charge is -2.10. The van der Waals surface area contributed by atoms with Crippen LogP contribution in [0.5, 0.6) is 0 Å². The van der Waals surface area contributed by atoms with Gasteiger partial charge in [0.05, 0.1) is 23.9 Å². The molecule has 2 rings (SSSR count). The number of hydrogen-bond acceptors (Lipinski definition) is 3. The van der Waals surface area contributed by atoms with E-state index in [1.807, 2.05) is 36.4 Å². The minimum absolute atomic E-state index is 0.391. The van der Waals surface area contributed by atoms with Crippen molar-refractivity contribution in [3.05, 3.63) is 57.2 Å². The Bertz CT molecular complexity index is 592.